The van der Waals surface area contributed by atoms with Gasteiger partial charge in [-0.2, -0.15) is 0 Å². The van der Waals surface area contributed by atoms with Crippen LogP contribution in [0.4, 0.5) is 5.69 Å². The SMILES string of the molecule is COCCc1ccccc1NCc1ccc(C(=O)O)cc1. The van der Waals surface area contributed by atoms with Gasteiger partial charge in [-0.1, -0.05) is 30.3 Å². The van der Waals surface area contributed by atoms with Gasteiger partial charge in [0.25, 0.3) is 0 Å². The number of hydrogen-bond acceptors (Lipinski definition) is 3. The Balaban J connectivity index is 2.00. The van der Waals surface area contributed by atoms with Crippen molar-refractivity contribution in [1.82, 2.24) is 0 Å². The average molecular weight is 285 g/mol. The van der Waals surface area contributed by atoms with E-state index >= 15 is 0 Å². The molecule has 0 aromatic heterocycles. The van der Waals surface area contributed by atoms with Crippen LogP contribution < -0.4 is 5.32 Å². The fourth-order valence-electron chi connectivity index (χ4n) is 2.09. The zero-order valence-corrected chi connectivity index (χ0v) is 12.0. The number of aromatic carboxylic acids is 1. The van der Waals surface area contributed by atoms with Crippen molar-refractivity contribution in [3.05, 3.63) is 65.2 Å². The first-order chi connectivity index (χ1) is 10.2. The maximum Gasteiger partial charge on any atom is 0.335 e. The van der Waals surface area contributed by atoms with Crippen LogP contribution in [-0.4, -0.2) is 24.8 Å². The van der Waals surface area contributed by atoms with Gasteiger partial charge in [0.2, 0.25) is 0 Å². The molecule has 0 bridgehead atoms. The Hall–Kier alpha value is -2.33. The van der Waals surface area contributed by atoms with E-state index in [4.69, 9.17) is 9.84 Å². The molecule has 0 aliphatic heterocycles. The topological polar surface area (TPSA) is 58.6 Å². The van der Waals surface area contributed by atoms with Gasteiger partial charge in [-0.05, 0) is 35.7 Å². The van der Waals surface area contributed by atoms with Crippen LogP contribution in [0.25, 0.3) is 0 Å². The van der Waals surface area contributed by atoms with Crippen molar-refractivity contribution in [3.63, 3.8) is 0 Å². The summed E-state index contributed by atoms with van der Waals surface area (Å²) in [4.78, 5) is 10.8. The third kappa shape index (κ3) is 4.33. The Morgan fingerprint density at radius 3 is 2.52 bits per heavy atom. The zero-order valence-electron chi connectivity index (χ0n) is 12.0. The van der Waals surface area contributed by atoms with E-state index in [9.17, 15) is 4.79 Å². The number of methoxy groups -OCH3 is 1. The minimum absolute atomic E-state index is 0.305. The molecule has 2 rings (SSSR count). The lowest BCUT2D eigenvalue weighted by Gasteiger charge is -2.12. The molecule has 21 heavy (non-hydrogen) atoms. The predicted octanol–water partition coefficient (Wildman–Crippen LogP) is 3.19. The van der Waals surface area contributed by atoms with Crippen molar-refractivity contribution in [3.8, 4) is 0 Å². The molecule has 2 N–H and O–H groups in total. The molecule has 0 radical (unpaired) electrons. The number of ether oxygens (including phenoxy) is 1. The number of rotatable bonds is 7. The number of anilines is 1. The van der Waals surface area contributed by atoms with Crippen LogP contribution in [0.2, 0.25) is 0 Å². The summed E-state index contributed by atoms with van der Waals surface area (Å²) in [6.45, 7) is 1.34. The van der Waals surface area contributed by atoms with E-state index in [1.54, 1.807) is 19.2 Å². The van der Waals surface area contributed by atoms with Gasteiger partial charge in [-0.25, -0.2) is 4.79 Å². The highest BCUT2D eigenvalue weighted by molar-refractivity contribution is 5.87. The van der Waals surface area contributed by atoms with Gasteiger partial charge < -0.3 is 15.2 Å². The van der Waals surface area contributed by atoms with Gasteiger partial charge in [0.05, 0.1) is 12.2 Å². The van der Waals surface area contributed by atoms with Crippen molar-refractivity contribution >= 4 is 11.7 Å². The van der Waals surface area contributed by atoms with Crippen LogP contribution in [0, 0.1) is 0 Å². The summed E-state index contributed by atoms with van der Waals surface area (Å²) in [5.74, 6) is -0.903. The fraction of sp³-hybridized carbons (Fsp3) is 0.235. The van der Waals surface area contributed by atoms with Crippen LogP contribution in [0.15, 0.2) is 48.5 Å². The molecule has 0 saturated heterocycles. The van der Waals surface area contributed by atoms with Crippen LogP contribution in [0.1, 0.15) is 21.5 Å². The molecular weight excluding hydrogens is 266 g/mol. The van der Waals surface area contributed by atoms with Crippen LogP contribution in [-0.2, 0) is 17.7 Å². The summed E-state index contributed by atoms with van der Waals surface area (Å²) < 4.78 is 5.12. The van der Waals surface area contributed by atoms with Crippen molar-refractivity contribution in [2.75, 3.05) is 19.0 Å². The summed E-state index contributed by atoms with van der Waals surface area (Å²) in [5.41, 5.74) is 3.64. The highest BCUT2D eigenvalue weighted by Crippen LogP contribution is 2.17. The van der Waals surface area contributed by atoms with Crippen molar-refractivity contribution in [2.24, 2.45) is 0 Å². The third-order valence-electron chi connectivity index (χ3n) is 3.28. The third-order valence-corrected chi connectivity index (χ3v) is 3.28. The monoisotopic (exact) mass is 285 g/mol. The minimum Gasteiger partial charge on any atom is -0.478 e. The largest absolute Gasteiger partial charge is 0.478 e. The number of benzene rings is 2. The van der Waals surface area contributed by atoms with Crippen molar-refractivity contribution < 1.29 is 14.6 Å². The Morgan fingerprint density at radius 1 is 1.14 bits per heavy atom. The first-order valence-corrected chi connectivity index (χ1v) is 6.83. The number of para-hydroxylation sites is 1. The van der Waals surface area contributed by atoms with Gasteiger partial charge in [0.15, 0.2) is 0 Å². The molecular formula is C17H19NO3. The van der Waals surface area contributed by atoms with Crippen molar-refractivity contribution in [2.45, 2.75) is 13.0 Å². The standard InChI is InChI=1S/C17H19NO3/c1-21-11-10-14-4-2-3-5-16(14)18-12-13-6-8-15(9-7-13)17(19)20/h2-9,18H,10-12H2,1H3,(H,19,20). The van der Waals surface area contributed by atoms with E-state index in [2.05, 4.69) is 11.4 Å². The van der Waals surface area contributed by atoms with Crippen LogP contribution >= 0.6 is 0 Å². The molecule has 0 aliphatic carbocycles. The first kappa shape index (κ1) is 15.1. The summed E-state index contributed by atoms with van der Waals surface area (Å²) in [6, 6.07) is 15.0. The Labute approximate surface area is 124 Å². The molecule has 0 saturated carbocycles. The zero-order chi connectivity index (χ0) is 15.1. The van der Waals surface area contributed by atoms with Gasteiger partial charge in [-0.3, -0.25) is 0 Å². The summed E-state index contributed by atoms with van der Waals surface area (Å²) >= 11 is 0. The smallest absolute Gasteiger partial charge is 0.335 e. The number of hydrogen-bond donors (Lipinski definition) is 2. The van der Waals surface area contributed by atoms with Gasteiger partial charge in [0, 0.05) is 19.3 Å². The lowest BCUT2D eigenvalue weighted by atomic mass is 10.1. The van der Waals surface area contributed by atoms with Crippen LogP contribution in [0.3, 0.4) is 0 Å². The van der Waals surface area contributed by atoms with Crippen molar-refractivity contribution in [1.29, 1.82) is 0 Å². The molecule has 0 heterocycles. The van der Waals surface area contributed by atoms with Gasteiger partial charge >= 0.3 is 5.97 Å². The van der Waals surface area contributed by atoms with E-state index < -0.39 is 5.97 Å². The Morgan fingerprint density at radius 2 is 1.86 bits per heavy atom. The molecule has 0 spiro atoms. The second-order valence-electron chi connectivity index (χ2n) is 4.76. The summed E-state index contributed by atoms with van der Waals surface area (Å²) in [6.07, 6.45) is 0.859. The second kappa shape index (κ2) is 7.45. The number of carboxylic acids is 1. The maximum atomic E-state index is 10.8. The molecule has 0 unspecified atom stereocenters. The van der Waals surface area contributed by atoms with Gasteiger partial charge in [-0.15, -0.1) is 0 Å². The fourth-order valence-corrected chi connectivity index (χ4v) is 2.09. The highest BCUT2D eigenvalue weighted by Gasteiger charge is 2.03. The molecule has 0 amide bonds. The highest BCUT2D eigenvalue weighted by atomic mass is 16.5. The molecule has 0 atom stereocenters. The van der Waals surface area contributed by atoms with E-state index in [1.807, 2.05) is 30.3 Å². The maximum absolute atomic E-state index is 10.8. The quantitative estimate of drug-likeness (QED) is 0.820. The number of carbonyl (C=O) groups is 1. The Kier molecular flexibility index (Phi) is 5.35. The van der Waals surface area contributed by atoms with Gasteiger partial charge in [0.1, 0.15) is 0 Å². The first-order valence-electron chi connectivity index (χ1n) is 6.83. The van der Waals surface area contributed by atoms with Crippen LogP contribution in [0.5, 0.6) is 0 Å². The van der Waals surface area contributed by atoms with E-state index in [0.717, 1.165) is 17.7 Å². The number of carboxylic acid groups (broad SMARTS) is 1. The molecule has 0 aliphatic rings. The summed E-state index contributed by atoms with van der Waals surface area (Å²) in [7, 11) is 1.69. The molecule has 4 heteroatoms. The lowest BCUT2D eigenvalue weighted by Crippen LogP contribution is -2.04. The molecule has 4 nitrogen and oxygen atoms in total. The lowest BCUT2D eigenvalue weighted by molar-refractivity contribution is 0.0697. The van der Waals surface area contributed by atoms with E-state index in [-0.39, 0.29) is 0 Å². The second-order valence-corrected chi connectivity index (χ2v) is 4.76. The predicted molar refractivity (Wildman–Crippen MR) is 82.8 cm³/mol. The van der Waals surface area contributed by atoms with E-state index in [1.165, 1.54) is 5.56 Å². The number of nitrogens with one attached hydrogen (secondary N) is 1. The Bertz CT molecular complexity index is 593. The minimum atomic E-state index is -0.903. The average Bonchev–Trinajstić information content (AvgIpc) is 2.52. The molecule has 110 valence electrons. The molecule has 2 aromatic rings. The molecule has 0 fully saturated rings. The van der Waals surface area contributed by atoms with E-state index in [0.29, 0.717) is 18.7 Å². The summed E-state index contributed by atoms with van der Waals surface area (Å²) in [5, 5.41) is 12.3. The molecule has 2 aromatic carbocycles. The normalized spacial score (nSPS) is 10.3.